The zero-order chi connectivity index (χ0) is 13.0. The molecule has 0 fully saturated rings. The number of rotatable bonds is 4. The van der Waals surface area contributed by atoms with E-state index in [1.807, 2.05) is 32.9 Å². The first-order valence-corrected chi connectivity index (χ1v) is 6.00. The Bertz CT molecular complexity index is 472. The molecule has 1 aromatic rings. The van der Waals surface area contributed by atoms with Crippen molar-refractivity contribution < 1.29 is 9.59 Å². The lowest BCUT2D eigenvalue weighted by molar-refractivity contribution is -0.106. The van der Waals surface area contributed by atoms with Crippen LogP contribution in [0.4, 0.5) is 0 Å². The molecular weight excluding hydrogens is 236 g/mol. The van der Waals surface area contributed by atoms with Gasteiger partial charge in [0.05, 0.1) is 0 Å². The van der Waals surface area contributed by atoms with Gasteiger partial charge in [0.1, 0.15) is 11.5 Å². The summed E-state index contributed by atoms with van der Waals surface area (Å²) in [5.41, 5.74) is 3.66. The fourth-order valence-corrected chi connectivity index (χ4v) is 2.14. The Labute approximate surface area is 106 Å². The molecule has 0 unspecified atom stereocenters. The molecule has 0 saturated heterocycles. The minimum absolute atomic E-state index is 0.0552. The van der Waals surface area contributed by atoms with Crippen LogP contribution < -0.4 is 0 Å². The Morgan fingerprint density at radius 2 is 1.71 bits per heavy atom. The normalized spacial score (nSPS) is 9.88. The van der Waals surface area contributed by atoms with Crippen LogP contribution in [-0.4, -0.2) is 11.2 Å². The third-order valence-electron chi connectivity index (χ3n) is 2.76. The molecular formula is C14H15ClO2. The summed E-state index contributed by atoms with van der Waals surface area (Å²) in [5.74, 6) is 1.67. The van der Waals surface area contributed by atoms with E-state index in [1.165, 1.54) is 0 Å². The Kier molecular flexibility index (Phi) is 4.68. The van der Waals surface area contributed by atoms with Gasteiger partial charge >= 0.3 is 0 Å². The van der Waals surface area contributed by atoms with Gasteiger partial charge in [-0.3, -0.25) is 4.79 Å². The highest BCUT2D eigenvalue weighted by Crippen LogP contribution is 2.26. The lowest BCUT2D eigenvalue weighted by Gasteiger charge is -2.13. The summed E-state index contributed by atoms with van der Waals surface area (Å²) in [7, 11) is 0. The van der Waals surface area contributed by atoms with E-state index in [0.29, 0.717) is 5.56 Å². The Morgan fingerprint density at radius 3 is 2.00 bits per heavy atom. The van der Waals surface area contributed by atoms with E-state index in [9.17, 15) is 9.59 Å². The Morgan fingerprint density at radius 1 is 1.24 bits per heavy atom. The van der Waals surface area contributed by atoms with Crippen molar-refractivity contribution in [3.63, 3.8) is 0 Å². The van der Waals surface area contributed by atoms with Crippen molar-refractivity contribution in [1.29, 1.82) is 0 Å². The van der Waals surface area contributed by atoms with Crippen molar-refractivity contribution in [2.24, 2.45) is 0 Å². The topological polar surface area (TPSA) is 34.1 Å². The molecule has 2 nitrogen and oxygen atoms in total. The first-order chi connectivity index (χ1) is 8.04. The highest BCUT2D eigenvalue weighted by atomic mass is 35.5. The number of benzene rings is 1. The fraction of sp³-hybridized carbons (Fsp3) is 0.357. The second kappa shape index (κ2) is 5.81. The van der Waals surface area contributed by atoms with Crippen molar-refractivity contribution in [2.45, 2.75) is 33.6 Å². The second-order valence-corrected chi connectivity index (χ2v) is 4.26. The lowest BCUT2D eigenvalue weighted by Crippen LogP contribution is -2.04. The molecule has 0 heterocycles. The number of carbonyl (C=O) groups excluding carboxylic acids is 2. The van der Waals surface area contributed by atoms with Gasteiger partial charge in [-0.2, -0.15) is 0 Å². The number of hydrogen-bond donors (Lipinski definition) is 0. The lowest BCUT2D eigenvalue weighted by atomic mass is 9.91. The first kappa shape index (κ1) is 13.7. The van der Waals surface area contributed by atoms with E-state index in [0.717, 1.165) is 29.5 Å². The van der Waals surface area contributed by atoms with E-state index in [1.54, 1.807) is 5.94 Å². The number of carbonyl (C=O) groups is 1. The smallest absolute Gasteiger partial charge is 0.264 e. The molecule has 0 saturated carbocycles. The van der Waals surface area contributed by atoms with Crippen LogP contribution in [0.15, 0.2) is 12.1 Å². The Hall–Kier alpha value is -1.37. The second-order valence-electron chi connectivity index (χ2n) is 3.92. The van der Waals surface area contributed by atoms with Gasteiger partial charge in [0.2, 0.25) is 0 Å². The SMILES string of the molecule is CCc1cc(C)cc(CC)c1C(=C=O)C(=O)Cl. The maximum Gasteiger partial charge on any atom is 0.264 e. The molecule has 0 atom stereocenters. The highest BCUT2D eigenvalue weighted by molar-refractivity contribution is 6.75. The zero-order valence-corrected chi connectivity index (χ0v) is 11.0. The van der Waals surface area contributed by atoms with Crippen molar-refractivity contribution in [3.8, 4) is 0 Å². The van der Waals surface area contributed by atoms with Crippen LogP contribution in [0.5, 0.6) is 0 Å². The summed E-state index contributed by atoms with van der Waals surface area (Å²) in [6, 6.07) is 3.96. The monoisotopic (exact) mass is 250 g/mol. The fourth-order valence-electron chi connectivity index (χ4n) is 2.01. The molecule has 0 amide bonds. The minimum atomic E-state index is -0.742. The van der Waals surface area contributed by atoms with Gasteiger partial charge in [-0.25, -0.2) is 4.79 Å². The molecule has 0 aliphatic heterocycles. The number of allylic oxidation sites excluding steroid dienone is 1. The van der Waals surface area contributed by atoms with Gasteiger partial charge < -0.3 is 0 Å². The van der Waals surface area contributed by atoms with Gasteiger partial charge in [-0.05, 0) is 42.5 Å². The van der Waals surface area contributed by atoms with Crippen LogP contribution >= 0.6 is 11.6 Å². The van der Waals surface area contributed by atoms with Crippen molar-refractivity contribution in [2.75, 3.05) is 0 Å². The van der Waals surface area contributed by atoms with Crippen LogP contribution in [0.1, 0.15) is 36.1 Å². The average molecular weight is 251 g/mol. The van der Waals surface area contributed by atoms with Crippen molar-refractivity contribution in [3.05, 3.63) is 34.4 Å². The Balaban J connectivity index is 3.59. The van der Waals surface area contributed by atoms with Crippen LogP contribution in [0, 0.1) is 6.92 Å². The standard InChI is InChI=1S/C14H15ClO2/c1-4-10-6-9(3)7-11(5-2)13(10)12(8-16)14(15)17/h6-7H,4-5H2,1-3H3. The van der Waals surface area contributed by atoms with Gasteiger partial charge in [0.25, 0.3) is 5.24 Å². The predicted molar refractivity (Wildman–Crippen MR) is 69.9 cm³/mol. The minimum Gasteiger partial charge on any atom is -0.275 e. The molecule has 0 bridgehead atoms. The van der Waals surface area contributed by atoms with Crippen LogP contribution in [0.25, 0.3) is 5.57 Å². The van der Waals surface area contributed by atoms with E-state index in [4.69, 9.17) is 11.6 Å². The molecule has 3 heteroatoms. The maximum absolute atomic E-state index is 11.3. The van der Waals surface area contributed by atoms with Gasteiger partial charge in [0.15, 0.2) is 0 Å². The van der Waals surface area contributed by atoms with Crippen LogP contribution in [0.3, 0.4) is 0 Å². The summed E-state index contributed by atoms with van der Waals surface area (Å²) >= 11 is 5.44. The molecule has 0 radical (unpaired) electrons. The van der Waals surface area contributed by atoms with Crippen LogP contribution in [-0.2, 0) is 22.4 Å². The zero-order valence-electron chi connectivity index (χ0n) is 10.3. The maximum atomic E-state index is 11.3. The summed E-state index contributed by atoms with van der Waals surface area (Å²) in [5, 5.41) is -0.742. The summed E-state index contributed by atoms with van der Waals surface area (Å²) in [6.45, 7) is 5.96. The number of halogens is 1. The molecule has 1 rings (SSSR count). The quantitative estimate of drug-likeness (QED) is 0.468. The van der Waals surface area contributed by atoms with Crippen LogP contribution in [0.2, 0.25) is 0 Å². The molecule has 1 aromatic carbocycles. The largest absolute Gasteiger partial charge is 0.275 e. The third kappa shape index (κ3) is 2.85. The van der Waals surface area contributed by atoms with E-state index < -0.39 is 5.24 Å². The molecule has 0 spiro atoms. The number of aryl methyl sites for hydroxylation is 3. The predicted octanol–water partition coefficient (Wildman–Crippen LogP) is 3.10. The summed E-state index contributed by atoms with van der Waals surface area (Å²) in [6.07, 6.45) is 1.50. The van der Waals surface area contributed by atoms with Gasteiger partial charge in [-0.1, -0.05) is 31.5 Å². The molecule has 0 N–H and O–H groups in total. The van der Waals surface area contributed by atoms with Crippen molar-refractivity contribution in [1.82, 2.24) is 0 Å². The summed E-state index contributed by atoms with van der Waals surface area (Å²) < 4.78 is 0. The van der Waals surface area contributed by atoms with E-state index in [2.05, 4.69) is 0 Å². The number of hydrogen-bond acceptors (Lipinski definition) is 2. The van der Waals surface area contributed by atoms with E-state index in [-0.39, 0.29) is 5.57 Å². The molecule has 0 aromatic heterocycles. The third-order valence-corrected chi connectivity index (χ3v) is 2.95. The van der Waals surface area contributed by atoms with Gasteiger partial charge in [0, 0.05) is 5.56 Å². The van der Waals surface area contributed by atoms with E-state index >= 15 is 0 Å². The molecule has 17 heavy (non-hydrogen) atoms. The van der Waals surface area contributed by atoms with Crippen molar-refractivity contribution >= 4 is 28.4 Å². The first-order valence-electron chi connectivity index (χ1n) is 5.62. The summed E-state index contributed by atoms with van der Waals surface area (Å²) in [4.78, 5) is 22.2. The highest BCUT2D eigenvalue weighted by Gasteiger charge is 2.18. The molecule has 90 valence electrons. The molecule has 0 aliphatic carbocycles. The molecule has 0 aliphatic rings. The van der Waals surface area contributed by atoms with Gasteiger partial charge in [-0.15, -0.1) is 0 Å². The average Bonchev–Trinajstić information content (AvgIpc) is 2.30.